The van der Waals surface area contributed by atoms with Gasteiger partial charge in [0.1, 0.15) is 5.69 Å². The number of carboxylic acids is 1. The number of aromatic carboxylic acids is 1. The number of aromatic nitrogens is 1. The monoisotopic (exact) mass is 273 g/mol. The minimum Gasteiger partial charge on any atom is -0.477 e. The van der Waals surface area contributed by atoms with E-state index in [-0.39, 0.29) is 18.0 Å². The van der Waals surface area contributed by atoms with E-state index < -0.39 is 5.97 Å². The van der Waals surface area contributed by atoms with Crippen LogP contribution in [0.2, 0.25) is 0 Å². The number of hydrogen-bond acceptors (Lipinski definition) is 2. The van der Waals surface area contributed by atoms with E-state index in [1.807, 2.05) is 26.0 Å². The second-order valence-electron chi connectivity index (χ2n) is 4.21. The van der Waals surface area contributed by atoms with Crippen molar-refractivity contribution in [3.8, 4) is 0 Å². The van der Waals surface area contributed by atoms with Crippen molar-refractivity contribution in [1.82, 2.24) is 4.57 Å². The topological polar surface area (TPSA) is 59.3 Å². The minimum absolute atomic E-state index is 0.0199. The zero-order valence-electron chi connectivity index (χ0n) is 11.7. The van der Waals surface area contributed by atoms with Crippen LogP contribution < -0.4 is 0 Å². The van der Waals surface area contributed by atoms with Crippen LogP contribution in [0.1, 0.15) is 30.8 Å². The summed E-state index contributed by atoms with van der Waals surface area (Å²) < 4.78 is 1.44. The quantitative estimate of drug-likeness (QED) is 0.613. The van der Waals surface area contributed by atoms with E-state index in [1.54, 1.807) is 30.5 Å². The van der Waals surface area contributed by atoms with Crippen molar-refractivity contribution in [2.45, 2.75) is 26.8 Å². The Kier molecular flexibility index (Phi) is 6.23. The molecule has 0 atom stereocenters. The number of hydrogen-bond donors (Lipinski definition) is 1. The summed E-state index contributed by atoms with van der Waals surface area (Å²) in [6.07, 6.45) is 11.5. The van der Waals surface area contributed by atoms with Crippen LogP contribution in [0, 0.1) is 0 Å². The summed E-state index contributed by atoms with van der Waals surface area (Å²) in [5.41, 5.74) is 0.679. The summed E-state index contributed by atoms with van der Waals surface area (Å²) in [7, 11) is 0. The van der Waals surface area contributed by atoms with Crippen LogP contribution in [-0.4, -0.2) is 21.4 Å². The van der Waals surface area contributed by atoms with E-state index >= 15 is 0 Å². The molecule has 0 saturated heterocycles. The van der Waals surface area contributed by atoms with Crippen LogP contribution in [0.15, 0.2) is 54.3 Å². The maximum atomic E-state index is 12.2. The van der Waals surface area contributed by atoms with E-state index in [1.165, 1.54) is 10.6 Å². The van der Waals surface area contributed by atoms with Crippen molar-refractivity contribution in [2.24, 2.45) is 0 Å². The molecule has 20 heavy (non-hydrogen) atoms. The van der Waals surface area contributed by atoms with Gasteiger partial charge in [-0.05, 0) is 25.5 Å². The van der Waals surface area contributed by atoms with E-state index in [9.17, 15) is 9.59 Å². The van der Waals surface area contributed by atoms with Crippen LogP contribution in [0.4, 0.5) is 0 Å². The van der Waals surface area contributed by atoms with Gasteiger partial charge in [0.2, 0.25) is 0 Å². The summed E-state index contributed by atoms with van der Waals surface area (Å²) >= 11 is 0. The molecule has 4 nitrogen and oxygen atoms in total. The van der Waals surface area contributed by atoms with Gasteiger partial charge in [0.15, 0.2) is 5.78 Å². The van der Waals surface area contributed by atoms with Crippen molar-refractivity contribution in [1.29, 1.82) is 0 Å². The van der Waals surface area contributed by atoms with Gasteiger partial charge in [0.05, 0.1) is 6.54 Å². The number of carboxylic acid groups (broad SMARTS) is 1. The number of rotatable bonds is 7. The third-order valence-electron chi connectivity index (χ3n) is 2.69. The van der Waals surface area contributed by atoms with Gasteiger partial charge in [-0.25, -0.2) is 4.79 Å². The number of nitrogens with zero attached hydrogens (tertiary/aromatic N) is 1. The molecular formula is C16H19NO3. The number of carbonyl (C=O) groups excluding carboxylic acids is 1. The lowest BCUT2D eigenvalue weighted by Crippen LogP contribution is -2.15. The van der Waals surface area contributed by atoms with Gasteiger partial charge in [-0.3, -0.25) is 4.79 Å². The molecule has 0 unspecified atom stereocenters. The molecule has 0 aliphatic heterocycles. The molecule has 106 valence electrons. The highest BCUT2D eigenvalue weighted by atomic mass is 16.4. The summed E-state index contributed by atoms with van der Waals surface area (Å²) in [5, 5.41) is 9.02. The summed E-state index contributed by atoms with van der Waals surface area (Å²) in [5.74, 6) is -1.16. The standard InChI is InChI=1S/C16H19NO3/c1-3-5-8-13(9-6-4-2)15(18)12-17-11-7-10-14(17)16(19)20/h3,5-11H,4,12H2,1-2H3,(H,19,20)/b5-3-,9-6-,13-8+. The Balaban J connectivity index is 2.93. The molecule has 1 heterocycles. The summed E-state index contributed by atoms with van der Waals surface area (Å²) in [4.78, 5) is 23.2. The van der Waals surface area contributed by atoms with Gasteiger partial charge in [-0.15, -0.1) is 0 Å². The lowest BCUT2D eigenvalue weighted by atomic mass is 10.1. The highest BCUT2D eigenvalue weighted by Crippen LogP contribution is 2.08. The average molecular weight is 273 g/mol. The van der Waals surface area contributed by atoms with E-state index in [0.717, 1.165) is 6.42 Å². The van der Waals surface area contributed by atoms with Crippen LogP contribution in [-0.2, 0) is 11.3 Å². The summed E-state index contributed by atoms with van der Waals surface area (Å²) in [6.45, 7) is 3.88. The molecule has 0 aliphatic rings. The number of ketones is 1. The average Bonchev–Trinajstić information content (AvgIpc) is 2.87. The molecule has 4 heteroatoms. The molecule has 0 aliphatic carbocycles. The van der Waals surface area contributed by atoms with Gasteiger partial charge in [0, 0.05) is 11.8 Å². The maximum Gasteiger partial charge on any atom is 0.352 e. The first-order valence-corrected chi connectivity index (χ1v) is 6.51. The maximum absolute atomic E-state index is 12.2. The van der Waals surface area contributed by atoms with Crippen LogP contribution in [0.25, 0.3) is 0 Å². The highest BCUT2D eigenvalue weighted by Gasteiger charge is 2.13. The Labute approximate surface area is 118 Å². The molecule has 0 bridgehead atoms. The second kappa shape index (κ2) is 7.94. The first-order chi connectivity index (χ1) is 9.60. The van der Waals surface area contributed by atoms with Crippen LogP contribution in [0.5, 0.6) is 0 Å². The Morgan fingerprint density at radius 2 is 2.15 bits per heavy atom. The number of carbonyl (C=O) groups is 2. The molecule has 0 fully saturated rings. The van der Waals surface area contributed by atoms with Crippen LogP contribution in [0.3, 0.4) is 0 Å². The molecule has 1 aromatic heterocycles. The van der Waals surface area contributed by atoms with Gasteiger partial charge in [-0.1, -0.05) is 37.3 Å². The van der Waals surface area contributed by atoms with Crippen molar-refractivity contribution < 1.29 is 14.7 Å². The Hall–Kier alpha value is -2.36. The van der Waals surface area contributed by atoms with Crippen molar-refractivity contribution in [3.05, 3.63) is 60.0 Å². The first-order valence-electron chi connectivity index (χ1n) is 6.51. The van der Waals surface area contributed by atoms with Crippen LogP contribution >= 0.6 is 0 Å². The largest absolute Gasteiger partial charge is 0.477 e. The number of allylic oxidation sites excluding steroid dienone is 6. The zero-order valence-corrected chi connectivity index (χ0v) is 11.7. The fourth-order valence-electron chi connectivity index (χ4n) is 1.68. The SMILES string of the molecule is C\C=C/C=C(\C=C/CC)C(=O)Cn1cccc1C(=O)O. The predicted molar refractivity (Wildman–Crippen MR) is 78.7 cm³/mol. The molecule has 0 spiro atoms. The molecule has 0 radical (unpaired) electrons. The minimum atomic E-state index is -1.04. The zero-order chi connectivity index (χ0) is 15.0. The Morgan fingerprint density at radius 3 is 2.75 bits per heavy atom. The normalized spacial score (nSPS) is 12.4. The molecule has 1 rings (SSSR count). The van der Waals surface area contributed by atoms with E-state index in [0.29, 0.717) is 5.57 Å². The lowest BCUT2D eigenvalue weighted by Gasteiger charge is -2.06. The number of Topliss-reactive ketones (excluding diaryl/α,β-unsaturated/α-hetero) is 1. The fraction of sp³-hybridized carbons (Fsp3) is 0.250. The third-order valence-corrected chi connectivity index (χ3v) is 2.69. The smallest absolute Gasteiger partial charge is 0.352 e. The molecule has 0 amide bonds. The highest BCUT2D eigenvalue weighted by molar-refractivity contribution is 5.98. The van der Waals surface area contributed by atoms with Crippen molar-refractivity contribution in [3.63, 3.8) is 0 Å². The van der Waals surface area contributed by atoms with Gasteiger partial charge < -0.3 is 9.67 Å². The molecule has 0 saturated carbocycles. The summed E-state index contributed by atoms with van der Waals surface area (Å²) in [6, 6.07) is 3.10. The van der Waals surface area contributed by atoms with Gasteiger partial charge in [-0.2, -0.15) is 0 Å². The van der Waals surface area contributed by atoms with Gasteiger partial charge >= 0.3 is 5.97 Å². The van der Waals surface area contributed by atoms with Crippen molar-refractivity contribution >= 4 is 11.8 Å². The third kappa shape index (κ3) is 4.39. The molecule has 0 aromatic carbocycles. The van der Waals surface area contributed by atoms with Gasteiger partial charge in [0.25, 0.3) is 0 Å². The van der Waals surface area contributed by atoms with Crippen molar-refractivity contribution in [2.75, 3.05) is 0 Å². The first kappa shape index (κ1) is 15.7. The molecule has 1 aromatic rings. The predicted octanol–water partition coefficient (Wildman–Crippen LogP) is 3.22. The fourth-order valence-corrected chi connectivity index (χ4v) is 1.68. The lowest BCUT2D eigenvalue weighted by molar-refractivity contribution is -0.115. The molecular weight excluding hydrogens is 254 g/mol. The molecule has 1 N–H and O–H groups in total. The Morgan fingerprint density at radius 1 is 1.40 bits per heavy atom. The second-order valence-corrected chi connectivity index (χ2v) is 4.21. The van der Waals surface area contributed by atoms with E-state index in [2.05, 4.69) is 0 Å². The Bertz CT molecular complexity index is 562. The van der Waals surface area contributed by atoms with E-state index in [4.69, 9.17) is 5.11 Å².